The van der Waals surface area contributed by atoms with Gasteiger partial charge >= 0.3 is 0 Å². The molecule has 0 saturated carbocycles. The van der Waals surface area contributed by atoms with Gasteiger partial charge in [-0.25, -0.2) is 9.97 Å². The summed E-state index contributed by atoms with van der Waals surface area (Å²) in [7, 11) is 0. The number of nitrogens with zero attached hydrogens (tertiary/aromatic N) is 4. The van der Waals surface area contributed by atoms with E-state index < -0.39 is 0 Å². The number of nitrogen functional groups attached to an aromatic ring is 1. The molecule has 62 valence electrons. The van der Waals surface area contributed by atoms with Crippen LogP contribution in [0.1, 0.15) is 5.82 Å². The van der Waals surface area contributed by atoms with Crippen molar-refractivity contribution in [1.82, 2.24) is 19.6 Å². The standard InChI is InChI=1S/C6H6BrN5/c1-3-9-5-2-4(8)10-6(7)12(5)11-3/h2H,8H2,1H3. The summed E-state index contributed by atoms with van der Waals surface area (Å²) in [4.78, 5) is 8.11. The lowest BCUT2D eigenvalue weighted by atomic mass is 10.6. The van der Waals surface area contributed by atoms with Gasteiger partial charge in [-0.05, 0) is 22.9 Å². The van der Waals surface area contributed by atoms with E-state index >= 15 is 0 Å². The van der Waals surface area contributed by atoms with Crippen LogP contribution in [0.25, 0.3) is 5.65 Å². The van der Waals surface area contributed by atoms with Gasteiger partial charge in [-0.15, -0.1) is 5.10 Å². The third-order valence-corrected chi connectivity index (χ3v) is 1.92. The first-order chi connectivity index (χ1) is 5.66. The van der Waals surface area contributed by atoms with Crippen molar-refractivity contribution in [2.24, 2.45) is 0 Å². The van der Waals surface area contributed by atoms with Crippen LogP contribution in [0.3, 0.4) is 0 Å². The Bertz CT molecular complexity index is 435. The molecule has 0 atom stereocenters. The van der Waals surface area contributed by atoms with Gasteiger partial charge in [0.05, 0.1) is 0 Å². The SMILES string of the molecule is Cc1nc2cc(N)nc(Br)n2n1. The molecule has 0 aliphatic heterocycles. The topological polar surface area (TPSA) is 69.1 Å². The Labute approximate surface area is 76.7 Å². The molecular weight excluding hydrogens is 222 g/mol. The molecule has 2 rings (SSSR count). The summed E-state index contributed by atoms with van der Waals surface area (Å²) in [6.45, 7) is 1.82. The van der Waals surface area contributed by atoms with Crippen LogP contribution in [0.15, 0.2) is 10.8 Å². The van der Waals surface area contributed by atoms with Crippen molar-refractivity contribution in [2.75, 3.05) is 5.73 Å². The number of nitrogens with two attached hydrogens (primary N) is 1. The molecule has 0 aliphatic carbocycles. The zero-order chi connectivity index (χ0) is 8.72. The fourth-order valence-electron chi connectivity index (χ4n) is 0.979. The van der Waals surface area contributed by atoms with Gasteiger partial charge in [0.2, 0.25) is 4.73 Å². The maximum Gasteiger partial charge on any atom is 0.201 e. The number of aromatic nitrogens is 4. The summed E-state index contributed by atoms with van der Waals surface area (Å²) in [5.74, 6) is 1.13. The maximum absolute atomic E-state index is 5.51. The Morgan fingerprint density at radius 3 is 3.00 bits per heavy atom. The van der Waals surface area contributed by atoms with Crippen molar-refractivity contribution < 1.29 is 0 Å². The minimum atomic E-state index is 0.432. The molecular formula is C6H6BrN5. The van der Waals surface area contributed by atoms with E-state index in [-0.39, 0.29) is 0 Å². The largest absolute Gasteiger partial charge is 0.383 e. The molecule has 0 aromatic carbocycles. The molecule has 5 nitrogen and oxygen atoms in total. The highest BCUT2D eigenvalue weighted by Gasteiger charge is 2.04. The van der Waals surface area contributed by atoms with Gasteiger partial charge in [-0.1, -0.05) is 0 Å². The first kappa shape index (κ1) is 7.48. The van der Waals surface area contributed by atoms with Gasteiger partial charge in [0.15, 0.2) is 5.65 Å². The summed E-state index contributed by atoms with van der Waals surface area (Å²) in [5, 5.41) is 4.09. The van der Waals surface area contributed by atoms with E-state index in [2.05, 4.69) is 31.0 Å². The fraction of sp³-hybridized carbons (Fsp3) is 0.167. The van der Waals surface area contributed by atoms with Gasteiger partial charge in [0.25, 0.3) is 0 Å². The van der Waals surface area contributed by atoms with E-state index in [9.17, 15) is 0 Å². The van der Waals surface area contributed by atoms with Gasteiger partial charge in [-0.2, -0.15) is 4.52 Å². The predicted molar refractivity (Wildman–Crippen MR) is 47.6 cm³/mol. The third kappa shape index (κ3) is 1.04. The molecule has 12 heavy (non-hydrogen) atoms. The lowest BCUT2D eigenvalue weighted by molar-refractivity contribution is 0.872. The second-order valence-corrected chi connectivity index (χ2v) is 3.09. The Balaban J connectivity index is 2.88. The zero-order valence-electron chi connectivity index (χ0n) is 6.32. The van der Waals surface area contributed by atoms with E-state index in [4.69, 9.17) is 5.73 Å². The molecule has 2 heterocycles. The Hall–Kier alpha value is -1.17. The molecule has 0 fully saturated rings. The number of rotatable bonds is 0. The smallest absolute Gasteiger partial charge is 0.201 e. The molecule has 2 aromatic heterocycles. The maximum atomic E-state index is 5.51. The monoisotopic (exact) mass is 227 g/mol. The van der Waals surface area contributed by atoms with Crippen LogP contribution in [0.5, 0.6) is 0 Å². The minimum Gasteiger partial charge on any atom is -0.383 e. The van der Waals surface area contributed by atoms with Crippen LogP contribution in [-0.2, 0) is 0 Å². The molecule has 0 aliphatic rings. The average molecular weight is 228 g/mol. The molecule has 0 amide bonds. The van der Waals surface area contributed by atoms with Crippen LogP contribution in [-0.4, -0.2) is 19.6 Å². The number of fused-ring (bicyclic) bond motifs is 1. The van der Waals surface area contributed by atoms with Crippen molar-refractivity contribution in [3.63, 3.8) is 0 Å². The molecule has 0 spiro atoms. The van der Waals surface area contributed by atoms with Crippen molar-refractivity contribution in [3.8, 4) is 0 Å². The average Bonchev–Trinajstić information content (AvgIpc) is 2.29. The van der Waals surface area contributed by atoms with E-state index in [0.29, 0.717) is 22.0 Å². The molecule has 0 bridgehead atoms. The highest BCUT2D eigenvalue weighted by Crippen LogP contribution is 2.12. The molecule has 0 radical (unpaired) electrons. The summed E-state index contributed by atoms with van der Waals surface area (Å²) < 4.78 is 2.16. The second kappa shape index (κ2) is 2.41. The van der Waals surface area contributed by atoms with Gasteiger partial charge in [-0.3, -0.25) is 0 Å². The normalized spacial score (nSPS) is 10.8. The van der Waals surface area contributed by atoms with E-state index in [1.807, 2.05) is 6.92 Å². The zero-order valence-corrected chi connectivity index (χ0v) is 7.91. The van der Waals surface area contributed by atoms with Gasteiger partial charge < -0.3 is 5.73 Å². The Kier molecular flexibility index (Phi) is 1.50. The summed E-state index contributed by atoms with van der Waals surface area (Å²) in [6.07, 6.45) is 0. The summed E-state index contributed by atoms with van der Waals surface area (Å²) in [5.41, 5.74) is 6.21. The molecule has 2 N–H and O–H groups in total. The fourth-order valence-corrected chi connectivity index (χ4v) is 1.44. The predicted octanol–water partition coefficient (Wildman–Crippen LogP) is 0.777. The first-order valence-electron chi connectivity index (χ1n) is 3.32. The Morgan fingerprint density at radius 2 is 2.25 bits per heavy atom. The van der Waals surface area contributed by atoms with E-state index in [1.165, 1.54) is 0 Å². The number of hydrogen-bond acceptors (Lipinski definition) is 4. The number of anilines is 1. The molecule has 0 saturated heterocycles. The van der Waals surface area contributed by atoms with Gasteiger partial charge in [0.1, 0.15) is 11.6 Å². The molecule has 0 unspecified atom stereocenters. The van der Waals surface area contributed by atoms with E-state index in [1.54, 1.807) is 10.6 Å². The van der Waals surface area contributed by atoms with Crippen LogP contribution < -0.4 is 5.73 Å². The molecule has 6 heteroatoms. The van der Waals surface area contributed by atoms with Crippen LogP contribution in [0.2, 0.25) is 0 Å². The van der Waals surface area contributed by atoms with Crippen molar-refractivity contribution in [1.29, 1.82) is 0 Å². The van der Waals surface area contributed by atoms with E-state index in [0.717, 1.165) is 0 Å². The van der Waals surface area contributed by atoms with Crippen molar-refractivity contribution in [3.05, 3.63) is 16.6 Å². The highest BCUT2D eigenvalue weighted by molar-refractivity contribution is 9.10. The van der Waals surface area contributed by atoms with Crippen molar-refractivity contribution in [2.45, 2.75) is 6.92 Å². The Morgan fingerprint density at radius 1 is 1.50 bits per heavy atom. The van der Waals surface area contributed by atoms with Crippen LogP contribution in [0, 0.1) is 6.92 Å². The van der Waals surface area contributed by atoms with Crippen molar-refractivity contribution >= 4 is 27.4 Å². The highest BCUT2D eigenvalue weighted by atomic mass is 79.9. The summed E-state index contributed by atoms with van der Waals surface area (Å²) >= 11 is 3.23. The number of hydrogen-bond donors (Lipinski definition) is 1. The molecule has 2 aromatic rings. The minimum absolute atomic E-state index is 0.432. The summed E-state index contributed by atoms with van der Waals surface area (Å²) in [6, 6.07) is 1.67. The van der Waals surface area contributed by atoms with Gasteiger partial charge in [0, 0.05) is 6.07 Å². The second-order valence-electron chi connectivity index (χ2n) is 2.38. The van der Waals surface area contributed by atoms with Crippen LogP contribution in [0.4, 0.5) is 5.82 Å². The lowest BCUT2D eigenvalue weighted by Crippen LogP contribution is -1.97. The quantitative estimate of drug-likeness (QED) is 0.676. The number of halogens is 1. The first-order valence-corrected chi connectivity index (χ1v) is 4.11. The third-order valence-electron chi connectivity index (χ3n) is 1.41. The van der Waals surface area contributed by atoms with Crippen LogP contribution >= 0.6 is 15.9 Å². The lowest BCUT2D eigenvalue weighted by Gasteiger charge is -1.95. The number of aryl methyl sites for hydroxylation is 1.